The third-order valence-electron chi connectivity index (χ3n) is 6.48. The summed E-state index contributed by atoms with van der Waals surface area (Å²) in [6, 6.07) is 6.41. The molecule has 144 valence electrons. The van der Waals surface area contributed by atoms with Gasteiger partial charge in [-0.3, -0.25) is 4.90 Å². The van der Waals surface area contributed by atoms with E-state index in [4.69, 9.17) is 0 Å². The van der Waals surface area contributed by atoms with Crippen molar-refractivity contribution in [3.63, 3.8) is 0 Å². The molecule has 2 aliphatic heterocycles. The van der Waals surface area contributed by atoms with Crippen LogP contribution in [-0.2, 0) is 22.9 Å². The van der Waals surface area contributed by atoms with Crippen LogP contribution in [-0.4, -0.2) is 61.1 Å². The van der Waals surface area contributed by atoms with Crippen molar-refractivity contribution in [2.24, 2.45) is 0 Å². The zero-order valence-electron chi connectivity index (χ0n) is 15.4. The topological polar surface area (TPSA) is 60.9 Å². The molecule has 2 saturated heterocycles. The van der Waals surface area contributed by atoms with Crippen molar-refractivity contribution in [2.45, 2.75) is 68.3 Å². The van der Waals surface area contributed by atoms with Crippen LogP contribution in [0, 0.1) is 0 Å². The van der Waals surface area contributed by atoms with Gasteiger partial charge in [0.1, 0.15) is 0 Å². The van der Waals surface area contributed by atoms with Crippen LogP contribution in [0.5, 0.6) is 0 Å². The number of nitrogens with zero attached hydrogens (tertiary/aromatic N) is 2. The molecule has 2 fully saturated rings. The predicted molar refractivity (Wildman–Crippen MR) is 102 cm³/mol. The standard InChI is InChI=1S/C20H30N2O3S/c23-15-19-6-3-11-22(19)18-9-12-21(13-10-18)26(24,25)20-8-7-16-4-1-2-5-17(16)14-20/h7-8,14,18-19,23H,1-6,9-13,15H2. The number of aryl methyl sites for hydroxylation is 2. The van der Waals surface area contributed by atoms with E-state index in [1.165, 1.54) is 17.5 Å². The Balaban J connectivity index is 1.45. The Morgan fingerprint density at radius 2 is 1.69 bits per heavy atom. The molecule has 5 nitrogen and oxygen atoms in total. The van der Waals surface area contributed by atoms with Crippen molar-refractivity contribution in [3.05, 3.63) is 29.3 Å². The number of rotatable bonds is 4. The molecule has 0 spiro atoms. The number of piperidine rings is 1. The van der Waals surface area contributed by atoms with E-state index < -0.39 is 10.0 Å². The zero-order chi connectivity index (χ0) is 18.1. The van der Waals surface area contributed by atoms with Gasteiger partial charge >= 0.3 is 0 Å². The summed E-state index contributed by atoms with van der Waals surface area (Å²) in [6.45, 7) is 2.42. The van der Waals surface area contributed by atoms with Gasteiger partial charge < -0.3 is 5.11 Å². The number of sulfonamides is 1. The summed E-state index contributed by atoms with van der Waals surface area (Å²) in [4.78, 5) is 2.87. The minimum absolute atomic E-state index is 0.216. The summed E-state index contributed by atoms with van der Waals surface area (Å²) in [6.07, 6.45) is 8.35. The molecule has 6 heteroatoms. The molecule has 3 aliphatic rings. The van der Waals surface area contributed by atoms with Crippen LogP contribution in [0.2, 0.25) is 0 Å². The van der Waals surface area contributed by atoms with Crippen LogP contribution in [0.15, 0.2) is 23.1 Å². The van der Waals surface area contributed by atoms with Crippen LogP contribution in [0.1, 0.15) is 49.7 Å². The van der Waals surface area contributed by atoms with Crippen LogP contribution < -0.4 is 0 Å². The van der Waals surface area contributed by atoms with Crippen LogP contribution in [0.4, 0.5) is 0 Å². The summed E-state index contributed by atoms with van der Waals surface area (Å²) in [5.41, 5.74) is 2.54. The summed E-state index contributed by atoms with van der Waals surface area (Å²) >= 11 is 0. The number of aliphatic hydroxyl groups excluding tert-OH is 1. The molecule has 0 bridgehead atoms. The fourth-order valence-corrected chi connectivity index (χ4v) is 6.49. The molecule has 1 aromatic carbocycles. The highest BCUT2D eigenvalue weighted by Gasteiger charge is 2.35. The van der Waals surface area contributed by atoms with Gasteiger partial charge in [-0.15, -0.1) is 0 Å². The van der Waals surface area contributed by atoms with Gasteiger partial charge in [0.2, 0.25) is 10.0 Å². The normalized spacial score (nSPS) is 26.1. The Hall–Kier alpha value is -0.950. The highest BCUT2D eigenvalue weighted by atomic mass is 32.2. The summed E-state index contributed by atoms with van der Waals surface area (Å²) in [5, 5.41) is 9.55. The lowest BCUT2D eigenvalue weighted by Crippen LogP contribution is -2.48. The van der Waals surface area contributed by atoms with Gasteiger partial charge in [-0.25, -0.2) is 8.42 Å². The quantitative estimate of drug-likeness (QED) is 0.872. The monoisotopic (exact) mass is 378 g/mol. The molecule has 26 heavy (non-hydrogen) atoms. The Kier molecular flexibility index (Phi) is 5.37. The molecular formula is C20H30N2O3S. The van der Waals surface area contributed by atoms with E-state index in [-0.39, 0.29) is 12.6 Å². The maximum absolute atomic E-state index is 13.1. The molecule has 0 saturated carbocycles. The second-order valence-corrected chi connectivity index (χ2v) is 9.93. The predicted octanol–water partition coefficient (Wildman–Crippen LogP) is 2.18. The van der Waals surface area contributed by atoms with E-state index in [1.807, 2.05) is 12.1 Å². The first-order chi connectivity index (χ1) is 12.6. The zero-order valence-corrected chi connectivity index (χ0v) is 16.3. The molecule has 1 aromatic rings. The number of likely N-dealkylation sites (tertiary alicyclic amines) is 1. The lowest BCUT2D eigenvalue weighted by Gasteiger charge is -2.38. The molecule has 0 radical (unpaired) electrons. The fourth-order valence-electron chi connectivity index (χ4n) is 4.97. The summed E-state index contributed by atoms with van der Waals surface area (Å²) in [5.74, 6) is 0. The van der Waals surface area contributed by atoms with Crippen molar-refractivity contribution in [1.29, 1.82) is 0 Å². The summed E-state index contributed by atoms with van der Waals surface area (Å²) < 4.78 is 27.9. The van der Waals surface area contributed by atoms with Gasteiger partial charge in [0.05, 0.1) is 11.5 Å². The van der Waals surface area contributed by atoms with E-state index in [0.29, 0.717) is 24.0 Å². The first-order valence-corrected chi connectivity index (χ1v) is 11.5. The van der Waals surface area contributed by atoms with Crippen LogP contribution >= 0.6 is 0 Å². The minimum Gasteiger partial charge on any atom is -0.395 e. The molecule has 1 unspecified atom stereocenters. The molecule has 2 heterocycles. The van der Waals surface area contributed by atoms with Crippen molar-refractivity contribution >= 4 is 10.0 Å². The smallest absolute Gasteiger partial charge is 0.243 e. The molecule has 0 amide bonds. The Bertz CT molecular complexity index is 741. The largest absolute Gasteiger partial charge is 0.395 e. The number of fused-ring (bicyclic) bond motifs is 1. The minimum atomic E-state index is -3.40. The second kappa shape index (κ2) is 7.58. The number of hydrogen-bond acceptors (Lipinski definition) is 4. The highest BCUT2D eigenvalue weighted by molar-refractivity contribution is 7.89. The van der Waals surface area contributed by atoms with Gasteiger partial charge in [-0.1, -0.05) is 6.07 Å². The van der Waals surface area contributed by atoms with E-state index in [2.05, 4.69) is 4.90 Å². The van der Waals surface area contributed by atoms with E-state index in [1.54, 1.807) is 10.4 Å². The maximum Gasteiger partial charge on any atom is 0.243 e. The van der Waals surface area contributed by atoms with Crippen LogP contribution in [0.3, 0.4) is 0 Å². The average molecular weight is 379 g/mol. The first kappa shape index (κ1) is 18.4. The van der Waals surface area contributed by atoms with Gasteiger partial charge in [-0.05, 0) is 81.2 Å². The third kappa shape index (κ3) is 3.44. The Labute approximate surface area is 157 Å². The van der Waals surface area contributed by atoms with E-state index in [0.717, 1.165) is 51.5 Å². The number of hydrogen-bond donors (Lipinski definition) is 1. The Morgan fingerprint density at radius 1 is 0.962 bits per heavy atom. The van der Waals surface area contributed by atoms with Crippen LogP contribution in [0.25, 0.3) is 0 Å². The van der Waals surface area contributed by atoms with Crippen molar-refractivity contribution in [3.8, 4) is 0 Å². The van der Waals surface area contributed by atoms with Gasteiger partial charge in [0.25, 0.3) is 0 Å². The molecule has 1 aliphatic carbocycles. The molecule has 4 rings (SSSR count). The van der Waals surface area contributed by atoms with Gasteiger partial charge in [-0.2, -0.15) is 4.31 Å². The van der Waals surface area contributed by atoms with Crippen molar-refractivity contribution < 1.29 is 13.5 Å². The van der Waals surface area contributed by atoms with E-state index >= 15 is 0 Å². The second-order valence-electron chi connectivity index (χ2n) is 7.99. The fraction of sp³-hybridized carbons (Fsp3) is 0.700. The average Bonchev–Trinajstić information content (AvgIpc) is 3.16. The van der Waals surface area contributed by atoms with Crippen molar-refractivity contribution in [1.82, 2.24) is 9.21 Å². The lowest BCUT2D eigenvalue weighted by atomic mass is 9.92. The highest BCUT2D eigenvalue weighted by Crippen LogP contribution is 2.30. The van der Waals surface area contributed by atoms with Crippen molar-refractivity contribution in [2.75, 3.05) is 26.2 Å². The molecule has 1 atom stereocenters. The SMILES string of the molecule is O=S(=O)(c1ccc2c(c1)CCCC2)N1CCC(N2CCCC2CO)CC1. The lowest BCUT2D eigenvalue weighted by molar-refractivity contribution is 0.0899. The number of benzene rings is 1. The number of aliphatic hydroxyl groups is 1. The molecule has 0 aromatic heterocycles. The van der Waals surface area contributed by atoms with E-state index in [9.17, 15) is 13.5 Å². The maximum atomic E-state index is 13.1. The van der Waals surface area contributed by atoms with Gasteiger partial charge in [0, 0.05) is 25.2 Å². The Morgan fingerprint density at radius 3 is 2.42 bits per heavy atom. The molecular weight excluding hydrogens is 348 g/mol. The first-order valence-electron chi connectivity index (χ1n) is 10.1. The third-order valence-corrected chi connectivity index (χ3v) is 8.38. The van der Waals surface area contributed by atoms with Gasteiger partial charge in [0.15, 0.2) is 0 Å². The summed E-state index contributed by atoms with van der Waals surface area (Å²) in [7, 11) is -3.40. The molecule has 1 N–H and O–H groups in total.